The molecule has 13 heavy (non-hydrogen) atoms. The molecule has 0 N–H and O–H groups in total. The van der Waals surface area contributed by atoms with Gasteiger partial charge in [0.05, 0.1) is 13.7 Å². The fourth-order valence-corrected chi connectivity index (χ4v) is 1.46. The highest BCUT2D eigenvalue weighted by molar-refractivity contribution is 5.71. The third-order valence-electron chi connectivity index (χ3n) is 2.23. The smallest absolute Gasteiger partial charge is 0.127 e. The molecule has 0 saturated heterocycles. The normalized spacial score (nSPS) is 14.7. The number of rotatable bonds is 1. The lowest BCUT2D eigenvalue weighted by molar-refractivity contribution is 0.315. The van der Waals surface area contributed by atoms with Crippen molar-refractivity contribution in [1.29, 1.82) is 0 Å². The number of methoxy groups -OCH3 is 1. The van der Waals surface area contributed by atoms with Crippen LogP contribution in [0.5, 0.6) is 11.5 Å². The largest absolute Gasteiger partial charge is 0.497 e. The molecule has 0 spiro atoms. The summed E-state index contributed by atoms with van der Waals surface area (Å²) in [6.07, 6.45) is 0.903. The summed E-state index contributed by atoms with van der Waals surface area (Å²) in [5.74, 6) is 1.77. The van der Waals surface area contributed by atoms with Crippen molar-refractivity contribution in [1.82, 2.24) is 0 Å². The van der Waals surface area contributed by atoms with E-state index < -0.39 is 0 Å². The van der Waals surface area contributed by atoms with Gasteiger partial charge in [0, 0.05) is 12.0 Å². The minimum atomic E-state index is 0.734. The first-order valence-electron chi connectivity index (χ1n) is 4.30. The number of benzene rings is 1. The number of ether oxygens (including phenoxy) is 2. The van der Waals surface area contributed by atoms with E-state index in [0.717, 1.165) is 35.7 Å². The van der Waals surface area contributed by atoms with Crippen molar-refractivity contribution in [2.75, 3.05) is 13.7 Å². The molecule has 1 aliphatic heterocycles. The Labute approximate surface area is 77.8 Å². The SMILES string of the molecule is C=C1CCOc2ccc(OC)cc21. The minimum absolute atomic E-state index is 0.734. The van der Waals surface area contributed by atoms with Gasteiger partial charge in [-0.15, -0.1) is 0 Å². The van der Waals surface area contributed by atoms with Gasteiger partial charge in [-0.2, -0.15) is 0 Å². The van der Waals surface area contributed by atoms with Crippen LogP contribution >= 0.6 is 0 Å². The van der Waals surface area contributed by atoms with Gasteiger partial charge in [-0.3, -0.25) is 0 Å². The molecular weight excluding hydrogens is 164 g/mol. The first kappa shape index (κ1) is 8.17. The van der Waals surface area contributed by atoms with E-state index in [-0.39, 0.29) is 0 Å². The van der Waals surface area contributed by atoms with Crippen molar-refractivity contribution in [2.45, 2.75) is 6.42 Å². The minimum Gasteiger partial charge on any atom is -0.497 e. The van der Waals surface area contributed by atoms with E-state index in [9.17, 15) is 0 Å². The molecule has 2 rings (SSSR count). The van der Waals surface area contributed by atoms with Crippen molar-refractivity contribution in [3.05, 3.63) is 30.3 Å². The number of hydrogen-bond donors (Lipinski definition) is 0. The van der Waals surface area contributed by atoms with E-state index >= 15 is 0 Å². The van der Waals surface area contributed by atoms with Crippen LogP contribution in [0.15, 0.2) is 24.8 Å². The van der Waals surface area contributed by atoms with E-state index in [0.29, 0.717) is 0 Å². The van der Waals surface area contributed by atoms with Crippen LogP contribution in [0.2, 0.25) is 0 Å². The maximum Gasteiger partial charge on any atom is 0.127 e. The van der Waals surface area contributed by atoms with Gasteiger partial charge in [0.1, 0.15) is 11.5 Å². The van der Waals surface area contributed by atoms with Crippen molar-refractivity contribution in [2.24, 2.45) is 0 Å². The molecule has 0 amide bonds. The molecule has 1 heterocycles. The van der Waals surface area contributed by atoms with Crippen molar-refractivity contribution < 1.29 is 9.47 Å². The lowest BCUT2D eigenvalue weighted by Gasteiger charge is -2.19. The fourth-order valence-electron chi connectivity index (χ4n) is 1.46. The molecule has 0 fully saturated rings. The summed E-state index contributed by atoms with van der Waals surface area (Å²) in [5.41, 5.74) is 2.20. The predicted molar refractivity (Wildman–Crippen MR) is 52.1 cm³/mol. The predicted octanol–water partition coefficient (Wildman–Crippen LogP) is 2.49. The molecule has 0 aliphatic carbocycles. The summed E-state index contributed by atoms with van der Waals surface area (Å²) in [6, 6.07) is 5.80. The lowest BCUT2D eigenvalue weighted by atomic mass is 10.0. The Morgan fingerprint density at radius 1 is 1.46 bits per heavy atom. The Bertz CT molecular complexity index is 342. The van der Waals surface area contributed by atoms with Gasteiger partial charge in [0.15, 0.2) is 0 Å². The zero-order valence-electron chi connectivity index (χ0n) is 7.67. The molecular formula is C11H12O2. The van der Waals surface area contributed by atoms with Crippen LogP contribution in [0.1, 0.15) is 12.0 Å². The monoisotopic (exact) mass is 176 g/mol. The molecule has 0 aromatic heterocycles. The first-order chi connectivity index (χ1) is 6.31. The van der Waals surface area contributed by atoms with Crippen LogP contribution in [0.3, 0.4) is 0 Å². The Morgan fingerprint density at radius 2 is 2.31 bits per heavy atom. The summed E-state index contributed by atoms with van der Waals surface area (Å²) >= 11 is 0. The highest BCUT2D eigenvalue weighted by Crippen LogP contribution is 2.34. The van der Waals surface area contributed by atoms with Gasteiger partial charge >= 0.3 is 0 Å². The van der Waals surface area contributed by atoms with Gasteiger partial charge in [-0.05, 0) is 23.8 Å². The quantitative estimate of drug-likeness (QED) is 0.654. The second-order valence-corrected chi connectivity index (χ2v) is 3.06. The number of hydrogen-bond acceptors (Lipinski definition) is 2. The van der Waals surface area contributed by atoms with E-state index in [2.05, 4.69) is 6.58 Å². The maximum atomic E-state index is 5.48. The number of fused-ring (bicyclic) bond motifs is 1. The van der Waals surface area contributed by atoms with E-state index in [1.165, 1.54) is 0 Å². The van der Waals surface area contributed by atoms with Crippen molar-refractivity contribution in [3.63, 3.8) is 0 Å². The van der Waals surface area contributed by atoms with Crippen molar-refractivity contribution in [3.8, 4) is 11.5 Å². The Balaban J connectivity index is 2.47. The molecule has 0 bridgehead atoms. The molecule has 0 unspecified atom stereocenters. The Morgan fingerprint density at radius 3 is 3.08 bits per heavy atom. The molecule has 1 aliphatic rings. The van der Waals surface area contributed by atoms with Crippen molar-refractivity contribution >= 4 is 5.57 Å². The second-order valence-electron chi connectivity index (χ2n) is 3.06. The summed E-state index contributed by atoms with van der Waals surface area (Å²) < 4.78 is 10.6. The van der Waals surface area contributed by atoms with Gasteiger partial charge in [0.2, 0.25) is 0 Å². The average Bonchev–Trinajstić information content (AvgIpc) is 2.18. The molecule has 1 aromatic carbocycles. The topological polar surface area (TPSA) is 18.5 Å². The van der Waals surface area contributed by atoms with Crippen LogP contribution in [0, 0.1) is 0 Å². The molecule has 0 atom stereocenters. The summed E-state index contributed by atoms with van der Waals surface area (Å²) in [6.45, 7) is 4.73. The zero-order valence-corrected chi connectivity index (χ0v) is 7.67. The van der Waals surface area contributed by atoms with Crippen LogP contribution < -0.4 is 9.47 Å². The average molecular weight is 176 g/mol. The Kier molecular flexibility index (Phi) is 1.97. The van der Waals surface area contributed by atoms with Gasteiger partial charge < -0.3 is 9.47 Å². The third kappa shape index (κ3) is 1.39. The van der Waals surface area contributed by atoms with Crippen LogP contribution in [0.25, 0.3) is 5.57 Å². The van der Waals surface area contributed by atoms with Crippen LogP contribution in [-0.4, -0.2) is 13.7 Å². The summed E-state index contributed by atoms with van der Waals surface area (Å²) in [5, 5.41) is 0. The highest BCUT2D eigenvalue weighted by Gasteiger charge is 2.13. The van der Waals surface area contributed by atoms with E-state index in [4.69, 9.17) is 9.47 Å². The highest BCUT2D eigenvalue weighted by atomic mass is 16.5. The van der Waals surface area contributed by atoms with Gasteiger partial charge in [-0.1, -0.05) is 6.58 Å². The molecule has 0 radical (unpaired) electrons. The summed E-state index contributed by atoms with van der Waals surface area (Å²) in [7, 11) is 1.66. The molecule has 2 nitrogen and oxygen atoms in total. The lowest BCUT2D eigenvalue weighted by Crippen LogP contribution is -2.06. The zero-order chi connectivity index (χ0) is 9.26. The van der Waals surface area contributed by atoms with Crippen LogP contribution in [0.4, 0.5) is 0 Å². The van der Waals surface area contributed by atoms with E-state index in [1.807, 2.05) is 18.2 Å². The third-order valence-corrected chi connectivity index (χ3v) is 2.23. The summed E-state index contributed by atoms with van der Waals surface area (Å²) in [4.78, 5) is 0. The van der Waals surface area contributed by atoms with Crippen LogP contribution in [-0.2, 0) is 0 Å². The Hall–Kier alpha value is -1.44. The maximum absolute atomic E-state index is 5.48. The standard InChI is InChI=1S/C11H12O2/c1-8-5-6-13-11-4-3-9(12-2)7-10(8)11/h3-4,7H,1,5-6H2,2H3. The van der Waals surface area contributed by atoms with Gasteiger partial charge in [-0.25, -0.2) is 0 Å². The molecule has 2 heteroatoms. The molecule has 0 saturated carbocycles. The fraction of sp³-hybridized carbons (Fsp3) is 0.273. The molecule has 1 aromatic rings. The molecule has 68 valence electrons. The first-order valence-corrected chi connectivity index (χ1v) is 4.30. The van der Waals surface area contributed by atoms with E-state index in [1.54, 1.807) is 7.11 Å². The second kappa shape index (κ2) is 3.13. The van der Waals surface area contributed by atoms with Gasteiger partial charge in [0.25, 0.3) is 0 Å².